The molecule has 9 heteroatoms. The van der Waals surface area contributed by atoms with E-state index in [9.17, 15) is 0 Å². The van der Waals surface area contributed by atoms with Crippen LogP contribution in [0, 0.1) is 0 Å². The lowest BCUT2D eigenvalue weighted by atomic mass is 9.37. The van der Waals surface area contributed by atoms with Gasteiger partial charge in [-0.25, -0.2) is 0 Å². The van der Waals surface area contributed by atoms with Gasteiger partial charge in [-0.05, 0) is 0 Å². The monoisotopic (exact) mass is 226 g/mol. The van der Waals surface area contributed by atoms with Crippen LogP contribution in [0.2, 0.25) is 5.62 Å². The SMILES string of the molecule is C1COB(C(B2OCCO2)B2OCCO2)O1. The van der Waals surface area contributed by atoms with Gasteiger partial charge in [0.15, 0.2) is 0 Å². The molecule has 0 N–H and O–H groups in total. The highest BCUT2D eigenvalue weighted by Crippen LogP contribution is 2.28. The van der Waals surface area contributed by atoms with Crippen molar-refractivity contribution in [2.75, 3.05) is 39.6 Å². The van der Waals surface area contributed by atoms with Crippen LogP contribution in [0.15, 0.2) is 0 Å². The smallest absolute Gasteiger partial charge is 0.409 e. The average Bonchev–Trinajstić information content (AvgIpc) is 3.02. The Hall–Kier alpha value is -0.0452. The Morgan fingerprint density at radius 2 is 0.750 bits per heavy atom. The molecule has 6 nitrogen and oxygen atoms in total. The van der Waals surface area contributed by atoms with E-state index in [0.29, 0.717) is 39.6 Å². The molecule has 0 bridgehead atoms. The normalized spacial score (nSPS) is 26.4. The highest BCUT2D eigenvalue weighted by Gasteiger charge is 2.55. The van der Waals surface area contributed by atoms with Gasteiger partial charge in [-0.1, -0.05) is 0 Å². The summed E-state index contributed by atoms with van der Waals surface area (Å²) >= 11 is 0. The van der Waals surface area contributed by atoms with E-state index < -0.39 is 0 Å². The lowest BCUT2D eigenvalue weighted by Gasteiger charge is -2.21. The van der Waals surface area contributed by atoms with Crippen LogP contribution in [-0.4, -0.2) is 61.0 Å². The van der Waals surface area contributed by atoms with Gasteiger partial charge in [0.1, 0.15) is 0 Å². The summed E-state index contributed by atoms with van der Waals surface area (Å²) in [6.07, 6.45) is 0. The van der Waals surface area contributed by atoms with Crippen molar-refractivity contribution in [3.63, 3.8) is 0 Å². The summed E-state index contributed by atoms with van der Waals surface area (Å²) in [5.74, 6) is 0. The van der Waals surface area contributed by atoms with Crippen molar-refractivity contribution < 1.29 is 27.9 Å². The zero-order valence-corrected chi connectivity index (χ0v) is 9.00. The fourth-order valence-electron chi connectivity index (χ4n) is 2.18. The molecule has 0 aliphatic carbocycles. The lowest BCUT2D eigenvalue weighted by molar-refractivity contribution is 0.317. The minimum Gasteiger partial charge on any atom is -0.409 e. The fraction of sp³-hybridized carbons (Fsp3) is 1.00. The molecule has 3 rings (SSSR count). The van der Waals surface area contributed by atoms with E-state index in [2.05, 4.69) is 0 Å². The maximum absolute atomic E-state index is 5.50. The van der Waals surface area contributed by atoms with Crippen molar-refractivity contribution in [3.8, 4) is 0 Å². The van der Waals surface area contributed by atoms with Crippen LogP contribution in [0.5, 0.6) is 0 Å². The Kier molecular flexibility index (Phi) is 3.51. The first-order valence-electron chi connectivity index (χ1n) is 5.65. The van der Waals surface area contributed by atoms with E-state index >= 15 is 0 Å². The molecule has 3 heterocycles. The molecular weight excluding hydrogens is 213 g/mol. The van der Waals surface area contributed by atoms with Gasteiger partial charge in [0.05, 0.1) is 45.3 Å². The Morgan fingerprint density at radius 3 is 1.00 bits per heavy atom. The van der Waals surface area contributed by atoms with Crippen LogP contribution in [-0.2, 0) is 27.9 Å². The first kappa shape index (κ1) is 11.1. The Bertz CT molecular complexity index is 188. The molecule has 0 aromatic heterocycles. The second-order valence-electron chi connectivity index (χ2n) is 3.91. The van der Waals surface area contributed by atoms with Crippen LogP contribution in [0.25, 0.3) is 0 Å². The zero-order valence-electron chi connectivity index (χ0n) is 9.00. The maximum Gasteiger partial charge on any atom is 0.455 e. The zero-order chi connectivity index (χ0) is 10.8. The molecule has 0 aromatic rings. The molecule has 0 radical (unpaired) electrons. The second kappa shape index (κ2) is 5.08. The molecule has 0 amide bonds. The standard InChI is InChI=1S/C7H13B3O6/c1-2-12-8(11-1)7(9-13-3-4-14-9)10-15-5-6-16-10/h7H,1-6H2. The van der Waals surface area contributed by atoms with E-state index in [4.69, 9.17) is 27.9 Å². The summed E-state index contributed by atoms with van der Waals surface area (Å²) in [5.41, 5.74) is -0.174. The van der Waals surface area contributed by atoms with E-state index in [0.717, 1.165) is 0 Å². The minimum absolute atomic E-state index is 0.174. The predicted octanol–water partition coefficient (Wildman–Crippen LogP) is -0.960. The van der Waals surface area contributed by atoms with Gasteiger partial charge in [0, 0.05) is 0 Å². The van der Waals surface area contributed by atoms with Crippen molar-refractivity contribution in [2.24, 2.45) is 0 Å². The van der Waals surface area contributed by atoms with Gasteiger partial charge in [-0.3, -0.25) is 0 Å². The number of hydrogen-bond acceptors (Lipinski definition) is 6. The first-order chi connectivity index (χ1) is 7.95. The molecule has 0 aromatic carbocycles. The molecule has 86 valence electrons. The number of rotatable bonds is 3. The van der Waals surface area contributed by atoms with Crippen LogP contribution in [0.4, 0.5) is 0 Å². The molecular formula is C7H13B3O6. The van der Waals surface area contributed by atoms with Gasteiger partial charge >= 0.3 is 21.4 Å². The molecule has 0 atom stereocenters. The highest BCUT2D eigenvalue weighted by atomic mass is 16.7. The third kappa shape index (κ3) is 2.16. The average molecular weight is 226 g/mol. The second-order valence-corrected chi connectivity index (χ2v) is 3.91. The third-order valence-electron chi connectivity index (χ3n) is 2.89. The van der Waals surface area contributed by atoms with Crippen LogP contribution in [0.1, 0.15) is 0 Å². The summed E-state index contributed by atoms with van der Waals surface area (Å²) < 4.78 is 33.0. The van der Waals surface area contributed by atoms with Gasteiger partial charge in [0.2, 0.25) is 0 Å². The molecule has 3 saturated heterocycles. The highest BCUT2D eigenvalue weighted by molar-refractivity contribution is 6.85. The molecule has 3 aliphatic heterocycles. The van der Waals surface area contributed by atoms with Crippen LogP contribution in [0.3, 0.4) is 0 Å². The fourth-order valence-corrected chi connectivity index (χ4v) is 2.18. The Balaban J connectivity index is 1.70. The third-order valence-corrected chi connectivity index (χ3v) is 2.89. The summed E-state index contributed by atoms with van der Waals surface area (Å²) in [5, 5.41) is 0. The van der Waals surface area contributed by atoms with Crippen molar-refractivity contribution in [3.05, 3.63) is 0 Å². The summed E-state index contributed by atoms with van der Waals surface area (Å²) in [4.78, 5) is 0. The van der Waals surface area contributed by atoms with Gasteiger partial charge in [-0.2, -0.15) is 0 Å². The topological polar surface area (TPSA) is 55.4 Å². The van der Waals surface area contributed by atoms with E-state index in [1.54, 1.807) is 0 Å². The molecule has 16 heavy (non-hydrogen) atoms. The van der Waals surface area contributed by atoms with Crippen molar-refractivity contribution >= 4 is 21.4 Å². The van der Waals surface area contributed by atoms with Crippen LogP contribution >= 0.6 is 0 Å². The van der Waals surface area contributed by atoms with E-state index in [1.165, 1.54) is 0 Å². The van der Waals surface area contributed by atoms with E-state index in [1.807, 2.05) is 0 Å². The molecule has 0 unspecified atom stereocenters. The molecule has 0 spiro atoms. The Labute approximate surface area is 95.3 Å². The van der Waals surface area contributed by atoms with E-state index in [-0.39, 0.29) is 27.0 Å². The predicted molar refractivity (Wildman–Crippen MR) is 56.7 cm³/mol. The lowest BCUT2D eigenvalue weighted by Crippen LogP contribution is -2.46. The largest absolute Gasteiger partial charge is 0.455 e. The van der Waals surface area contributed by atoms with Gasteiger partial charge in [0.25, 0.3) is 0 Å². The van der Waals surface area contributed by atoms with Gasteiger partial charge < -0.3 is 27.9 Å². The summed E-state index contributed by atoms with van der Waals surface area (Å²) in [7, 11) is -1.07. The molecule has 0 saturated carbocycles. The Morgan fingerprint density at radius 1 is 0.500 bits per heavy atom. The number of hydrogen-bond donors (Lipinski definition) is 0. The van der Waals surface area contributed by atoms with Crippen molar-refractivity contribution in [1.82, 2.24) is 0 Å². The summed E-state index contributed by atoms with van der Waals surface area (Å²) in [6.45, 7) is 3.59. The minimum atomic E-state index is -0.355. The molecule has 3 aliphatic rings. The maximum atomic E-state index is 5.50. The van der Waals surface area contributed by atoms with Gasteiger partial charge in [-0.15, -0.1) is 0 Å². The summed E-state index contributed by atoms with van der Waals surface area (Å²) in [6, 6.07) is 0. The van der Waals surface area contributed by atoms with Crippen LogP contribution < -0.4 is 0 Å². The van der Waals surface area contributed by atoms with Crippen molar-refractivity contribution in [1.29, 1.82) is 0 Å². The van der Waals surface area contributed by atoms with Crippen molar-refractivity contribution in [2.45, 2.75) is 5.62 Å². The first-order valence-corrected chi connectivity index (χ1v) is 5.65. The molecule has 3 fully saturated rings. The quantitative estimate of drug-likeness (QED) is 0.577.